The lowest BCUT2D eigenvalue weighted by molar-refractivity contribution is -0.142. The largest absolute Gasteiger partial charge is 0.396 e. The Morgan fingerprint density at radius 1 is 1.32 bits per heavy atom. The van der Waals surface area contributed by atoms with E-state index < -0.39 is 17.0 Å². The summed E-state index contributed by atoms with van der Waals surface area (Å²) in [5, 5.41) is 17.3. The molecule has 1 unspecified atom stereocenters. The zero-order valence-electron chi connectivity index (χ0n) is 18.8. The molecule has 2 aliphatic rings. The molecule has 0 spiro atoms. The average molecular weight is 434 g/mol. The molecule has 2 fully saturated rings. The number of nitrogens with zero attached hydrogens (tertiary/aromatic N) is 3. The number of likely N-dealkylation sites (tertiary alicyclic amines) is 1. The Morgan fingerprint density at radius 3 is 2.55 bits per heavy atom. The van der Waals surface area contributed by atoms with E-state index in [1.807, 2.05) is 11.8 Å². The number of hydrogen-bond acceptors (Lipinski definition) is 4. The van der Waals surface area contributed by atoms with Crippen LogP contribution in [0.25, 0.3) is 5.70 Å². The molecule has 1 N–H and O–H groups in total. The molecule has 0 radical (unpaired) electrons. The van der Waals surface area contributed by atoms with Crippen molar-refractivity contribution in [3.8, 4) is 0 Å². The summed E-state index contributed by atoms with van der Waals surface area (Å²) >= 11 is 0. The maximum atomic E-state index is 14.6. The monoisotopic (exact) mass is 433 g/mol. The molecule has 1 amide bonds. The molecule has 4 atom stereocenters. The van der Waals surface area contributed by atoms with Crippen molar-refractivity contribution in [2.75, 3.05) is 26.7 Å². The van der Waals surface area contributed by atoms with Crippen LogP contribution in [0.5, 0.6) is 0 Å². The zero-order chi connectivity index (χ0) is 22.8. The minimum absolute atomic E-state index is 0.0506. The van der Waals surface area contributed by atoms with Crippen LogP contribution in [-0.2, 0) is 4.79 Å². The molecule has 0 bridgehead atoms. The van der Waals surface area contributed by atoms with E-state index in [0.717, 1.165) is 12.8 Å². The van der Waals surface area contributed by atoms with E-state index in [1.54, 1.807) is 6.08 Å². The van der Waals surface area contributed by atoms with Crippen LogP contribution < -0.4 is 0 Å². The summed E-state index contributed by atoms with van der Waals surface area (Å²) in [4.78, 5) is 15.5. The van der Waals surface area contributed by atoms with E-state index in [2.05, 4.69) is 24.1 Å². The number of aliphatic hydroxyl groups is 1. The second-order valence-corrected chi connectivity index (χ2v) is 9.43. The molecule has 1 heterocycles. The van der Waals surface area contributed by atoms with Gasteiger partial charge in [-0.15, -0.1) is 0 Å². The van der Waals surface area contributed by atoms with Crippen LogP contribution in [0, 0.1) is 40.7 Å². The van der Waals surface area contributed by atoms with Crippen LogP contribution in [-0.4, -0.2) is 42.7 Å². The van der Waals surface area contributed by atoms with Crippen molar-refractivity contribution in [2.24, 2.45) is 39.3 Å². The Bertz CT molecular complexity index is 850. The molecule has 170 valence electrons. The number of hydrogen-bond donors (Lipinski definition) is 1. The Labute approximate surface area is 183 Å². The highest BCUT2D eigenvalue weighted by Crippen LogP contribution is 2.52. The highest BCUT2D eigenvalue weighted by Gasteiger charge is 2.52. The third-order valence-corrected chi connectivity index (χ3v) is 7.13. The molecule has 5 nitrogen and oxygen atoms in total. The minimum atomic E-state index is -0.699. The first kappa shape index (κ1) is 23.5. The van der Waals surface area contributed by atoms with Gasteiger partial charge in [0.1, 0.15) is 11.6 Å². The predicted octanol–water partition coefficient (Wildman–Crippen LogP) is 4.92. The first-order valence-corrected chi connectivity index (χ1v) is 11.1. The van der Waals surface area contributed by atoms with E-state index in [0.29, 0.717) is 25.4 Å². The molecule has 1 aliphatic heterocycles. The summed E-state index contributed by atoms with van der Waals surface area (Å²) in [5.41, 5.74) is -0.779. The lowest BCUT2D eigenvalue weighted by Gasteiger charge is -2.36. The molecule has 3 rings (SSSR count). The Kier molecular flexibility index (Phi) is 7.24. The van der Waals surface area contributed by atoms with E-state index >= 15 is 0 Å². The molecule has 1 aromatic rings. The van der Waals surface area contributed by atoms with E-state index in [1.165, 1.54) is 25.2 Å². The van der Waals surface area contributed by atoms with Crippen molar-refractivity contribution in [1.82, 2.24) is 4.90 Å². The van der Waals surface area contributed by atoms with E-state index in [9.17, 15) is 18.7 Å². The fourth-order valence-electron chi connectivity index (χ4n) is 5.30. The quantitative estimate of drug-likeness (QED) is 0.648. The number of allylic oxidation sites excluding steroid dienone is 1. The van der Waals surface area contributed by atoms with Gasteiger partial charge in [0.15, 0.2) is 0 Å². The number of azo groups is 1. The number of amides is 1. The van der Waals surface area contributed by atoms with Crippen molar-refractivity contribution < 1.29 is 18.7 Å². The summed E-state index contributed by atoms with van der Waals surface area (Å²) < 4.78 is 29.1. The molecule has 31 heavy (non-hydrogen) atoms. The van der Waals surface area contributed by atoms with Crippen molar-refractivity contribution in [3.05, 3.63) is 41.5 Å². The number of rotatable bonds is 6. The lowest BCUT2D eigenvalue weighted by atomic mass is 9.72. The maximum absolute atomic E-state index is 14.6. The highest BCUT2D eigenvalue weighted by atomic mass is 19.1. The van der Waals surface area contributed by atoms with Gasteiger partial charge in [-0.1, -0.05) is 32.9 Å². The maximum Gasteiger partial charge on any atom is 0.229 e. The van der Waals surface area contributed by atoms with Crippen LogP contribution >= 0.6 is 0 Å². The summed E-state index contributed by atoms with van der Waals surface area (Å²) in [5.74, 6) is -0.984. The van der Waals surface area contributed by atoms with Crippen molar-refractivity contribution in [2.45, 2.75) is 40.0 Å². The third kappa shape index (κ3) is 4.56. The first-order valence-electron chi connectivity index (χ1n) is 11.1. The Morgan fingerprint density at radius 2 is 2.00 bits per heavy atom. The normalized spacial score (nSPS) is 29.5. The van der Waals surface area contributed by atoms with Gasteiger partial charge < -0.3 is 10.0 Å². The molecule has 1 saturated heterocycles. The lowest BCUT2D eigenvalue weighted by Crippen LogP contribution is -2.44. The summed E-state index contributed by atoms with van der Waals surface area (Å²) in [7, 11) is 1.46. The fraction of sp³-hybridized carbons (Fsp3) is 0.625. The van der Waals surface area contributed by atoms with Gasteiger partial charge in [-0.2, -0.15) is 10.2 Å². The smallest absolute Gasteiger partial charge is 0.229 e. The fourth-order valence-corrected chi connectivity index (χ4v) is 5.30. The summed E-state index contributed by atoms with van der Waals surface area (Å²) in [6.07, 6.45) is 4.12. The van der Waals surface area contributed by atoms with Crippen molar-refractivity contribution in [1.29, 1.82) is 0 Å². The topological polar surface area (TPSA) is 65.3 Å². The minimum Gasteiger partial charge on any atom is -0.396 e. The molecular weight excluding hydrogens is 400 g/mol. The number of carbonyl (C=O) groups excluding carboxylic acids is 1. The van der Waals surface area contributed by atoms with Crippen LogP contribution in [0.2, 0.25) is 0 Å². The van der Waals surface area contributed by atoms with Gasteiger partial charge in [0, 0.05) is 32.7 Å². The summed E-state index contributed by atoms with van der Waals surface area (Å²) in [6, 6.07) is 3.73. The van der Waals surface area contributed by atoms with E-state index in [-0.39, 0.29) is 41.5 Å². The highest BCUT2D eigenvalue weighted by molar-refractivity contribution is 5.84. The standard InChI is InChI=1S/C24H33F2N3O2/c1-15(2)17-8-10-24(3,23(31)29-11-9-16(13-29)14-30)18(17)12-21(28-27-4)22-19(25)6-5-7-20(22)26/h5-7,12,15-18,30H,8-11,13-14H2,1-4H3/b21-12-,28-27?/t16-,17-,18?,24-/m0/s1. The van der Waals surface area contributed by atoms with Crippen LogP contribution in [0.1, 0.15) is 45.6 Å². The molecule has 1 aromatic carbocycles. The Balaban J connectivity index is 2.05. The van der Waals surface area contributed by atoms with Gasteiger partial charge in [-0.05, 0) is 49.1 Å². The second kappa shape index (κ2) is 9.55. The number of carbonyl (C=O) groups is 1. The zero-order valence-corrected chi connectivity index (χ0v) is 18.8. The third-order valence-electron chi connectivity index (χ3n) is 7.13. The van der Waals surface area contributed by atoms with E-state index in [4.69, 9.17) is 0 Å². The molecule has 1 saturated carbocycles. The van der Waals surface area contributed by atoms with Gasteiger partial charge in [0.05, 0.1) is 16.7 Å². The van der Waals surface area contributed by atoms with Crippen LogP contribution in [0.3, 0.4) is 0 Å². The molecule has 7 heteroatoms. The summed E-state index contributed by atoms with van der Waals surface area (Å²) in [6.45, 7) is 7.45. The number of benzene rings is 1. The SMILES string of the molecule is CN=N/C(=C\C1[C@H](C(C)C)CC[C@]1(C)C(=O)N1CC[C@H](CO)C1)c1c(F)cccc1F. The molecular formula is C24H33F2N3O2. The van der Waals surface area contributed by atoms with Crippen LogP contribution in [0.4, 0.5) is 8.78 Å². The number of aliphatic hydroxyl groups excluding tert-OH is 1. The first-order chi connectivity index (χ1) is 14.7. The molecule has 1 aliphatic carbocycles. The van der Waals surface area contributed by atoms with Gasteiger partial charge in [0.25, 0.3) is 0 Å². The average Bonchev–Trinajstić information content (AvgIpc) is 3.33. The second-order valence-electron chi connectivity index (χ2n) is 9.43. The van der Waals surface area contributed by atoms with Gasteiger partial charge in [-0.25, -0.2) is 8.78 Å². The van der Waals surface area contributed by atoms with Gasteiger partial charge in [-0.3, -0.25) is 4.79 Å². The van der Waals surface area contributed by atoms with Crippen LogP contribution in [0.15, 0.2) is 34.5 Å². The van der Waals surface area contributed by atoms with Crippen molar-refractivity contribution in [3.63, 3.8) is 0 Å². The van der Waals surface area contributed by atoms with Gasteiger partial charge in [0.2, 0.25) is 5.91 Å². The van der Waals surface area contributed by atoms with Gasteiger partial charge >= 0.3 is 0 Å². The number of halogens is 2. The predicted molar refractivity (Wildman–Crippen MR) is 116 cm³/mol. The van der Waals surface area contributed by atoms with Crippen molar-refractivity contribution >= 4 is 11.6 Å². The molecule has 0 aromatic heterocycles. The Hall–Kier alpha value is -2.15.